The van der Waals surface area contributed by atoms with Gasteiger partial charge in [0.1, 0.15) is 6.07 Å². The van der Waals surface area contributed by atoms with Gasteiger partial charge >= 0.3 is 0 Å². The topological polar surface area (TPSA) is 23.8 Å². The highest BCUT2D eigenvalue weighted by Crippen LogP contribution is 2.32. The van der Waals surface area contributed by atoms with Crippen molar-refractivity contribution in [1.82, 2.24) is 0 Å². The van der Waals surface area contributed by atoms with Crippen molar-refractivity contribution >= 4 is 66.6 Å². The van der Waals surface area contributed by atoms with E-state index in [0.29, 0.717) is 0 Å². The second kappa shape index (κ2) is 3.71. The Balaban J connectivity index is 2.87. The van der Waals surface area contributed by atoms with Gasteiger partial charge in [0.05, 0.1) is 13.1 Å². The van der Waals surface area contributed by atoms with Crippen LogP contribution in [0.1, 0.15) is 5.56 Å². The SMILES string of the molecule is N#Cc1ccc2cc(I)sc2c1I. The molecule has 0 bridgehead atoms. The Hall–Kier alpha value is 0.130. The highest BCUT2D eigenvalue weighted by Gasteiger charge is 2.07. The van der Waals surface area contributed by atoms with Gasteiger partial charge in [0, 0.05) is 3.57 Å². The first-order valence-corrected chi connectivity index (χ1v) is 6.47. The number of halogens is 2. The Labute approximate surface area is 107 Å². The normalized spacial score (nSPS) is 10.2. The van der Waals surface area contributed by atoms with E-state index in [0.717, 1.165) is 9.13 Å². The van der Waals surface area contributed by atoms with Gasteiger partial charge in [-0.05, 0) is 62.7 Å². The molecule has 1 heterocycles. The summed E-state index contributed by atoms with van der Waals surface area (Å²) in [6, 6.07) is 8.23. The predicted octanol–water partition coefficient (Wildman–Crippen LogP) is 3.98. The van der Waals surface area contributed by atoms with E-state index in [1.165, 1.54) is 13.0 Å². The van der Waals surface area contributed by atoms with E-state index in [4.69, 9.17) is 5.26 Å². The summed E-state index contributed by atoms with van der Waals surface area (Å²) in [5, 5.41) is 10.1. The molecule has 2 aromatic rings. The maximum Gasteiger partial charge on any atom is 0.100 e. The third-order valence-electron chi connectivity index (χ3n) is 1.72. The minimum atomic E-state index is 0.770. The standard InChI is InChI=1S/C9H3I2NS/c10-7-3-5-1-2-6(4-12)8(11)9(5)13-7/h1-3H. The van der Waals surface area contributed by atoms with E-state index in [9.17, 15) is 0 Å². The molecule has 2 rings (SSSR count). The maximum absolute atomic E-state index is 8.83. The first-order valence-electron chi connectivity index (χ1n) is 3.50. The smallest absolute Gasteiger partial charge is 0.100 e. The second-order valence-electron chi connectivity index (χ2n) is 2.51. The summed E-state index contributed by atoms with van der Waals surface area (Å²) in [7, 11) is 0. The first-order chi connectivity index (χ1) is 6.22. The Kier molecular flexibility index (Phi) is 2.76. The minimum Gasteiger partial charge on any atom is -0.192 e. The molecule has 0 aliphatic heterocycles. The van der Waals surface area contributed by atoms with Crippen LogP contribution in [0.15, 0.2) is 18.2 Å². The van der Waals surface area contributed by atoms with Crippen molar-refractivity contribution in [3.05, 3.63) is 30.2 Å². The molecule has 64 valence electrons. The second-order valence-corrected chi connectivity index (χ2v) is 6.53. The number of nitrogens with zero attached hydrogens (tertiary/aromatic N) is 1. The van der Waals surface area contributed by atoms with Crippen molar-refractivity contribution in [1.29, 1.82) is 5.26 Å². The molecule has 0 unspecified atom stereocenters. The van der Waals surface area contributed by atoms with Gasteiger partial charge in [0.2, 0.25) is 0 Å². The van der Waals surface area contributed by atoms with Crippen molar-refractivity contribution in [3.63, 3.8) is 0 Å². The zero-order chi connectivity index (χ0) is 9.42. The summed E-state index contributed by atoms with van der Waals surface area (Å²) in [5.41, 5.74) is 0.770. The third-order valence-corrected chi connectivity index (χ3v) is 5.13. The predicted molar refractivity (Wildman–Crippen MR) is 72.0 cm³/mol. The quantitative estimate of drug-likeness (QED) is 0.602. The first kappa shape index (κ1) is 9.68. The minimum absolute atomic E-state index is 0.770. The largest absolute Gasteiger partial charge is 0.192 e. The van der Waals surface area contributed by atoms with Crippen molar-refractivity contribution in [3.8, 4) is 6.07 Å². The van der Waals surface area contributed by atoms with Crippen LogP contribution in [0.3, 0.4) is 0 Å². The molecule has 1 aromatic heterocycles. The zero-order valence-electron chi connectivity index (χ0n) is 6.34. The average molecular weight is 411 g/mol. The molecule has 0 atom stereocenters. The lowest BCUT2D eigenvalue weighted by Gasteiger charge is -1.95. The molecule has 0 amide bonds. The molecule has 0 aliphatic carbocycles. The molecular weight excluding hydrogens is 408 g/mol. The molecule has 0 spiro atoms. The van der Waals surface area contributed by atoms with E-state index in [1.54, 1.807) is 11.3 Å². The van der Waals surface area contributed by atoms with Crippen molar-refractivity contribution < 1.29 is 0 Å². The Bertz CT molecular complexity index is 510. The Morgan fingerprint density at radius 3 is 2.77 bits per heavy atom. The van der Waals surface area contributed by atoms with E-state index >= 15 is 0 Å². The van der Waals surface area contributed by atoms with Gasteiger partial charge in [-0.15, -0.1) is 11.3 Å². The molecule has 4 heteroatoms. The highest BCUT2D eigenvalue weighted by molar-refractivity contribution is 14.1. The molecule has 0 saturated heterocycles. The molecule has 0 aliphatic rings. The number of thiophene rings is 1. The fourth-order valence-corrected chi connectivity index (χ4v) is 3.89. The molecule has 0 N–H and O–H groups in total. The molecular formula is C9H3I2NS. The summed E-state index contributed by atoms with van der Waals surface area (Å²) >= 11 is 6.28. The average Bonchev–Trinajstić information content (AvgIpc) is 2.47. The molecule has 0 fully saturated rings. The van der Waals surface area contributed by atoms with Crippen molar-refractivity contribution in [2.24, 2.45) is 0 Å². The van der Waals surface area contributed by atoms with Crippen LogP contribution in [0.2, 0.25) is 0 Å². The van der Waals surface area contributed by atoms with Crippen LogP contribution in [0.25, 0.3) is 10.1 Å². The monoisotopic (exact) mass is 411 g/mol. The van der Waals surface area contributed by atoms with Crippen LogP contribution >= 0.6 is 56.5 Å². The fourth-order valence-electron chi connectivity index (χ4n) is 1.12. The van der Waals surface area contributed by atoms with E-state index in [-0.39, 0.29) is 0 Å². The molecule has 1 nitrogen and oxygen atoms in total. The lowest BCUT2D eigenvalue weighted by Crippen LogP contribution is -1.79. The van der Waals surface area contributed by atoms with Gasteiger partial charge in [0.25, 0.3) is 0 Å². The number of fused-ring (bicyclic) bond motifs is 1. The molecule has 0 saturated carbocycles. The van der Waals surface area contributed by atoms with Gasteiger partial charge in [-0.25, -0.2) is 0 Å². The van der Waals surface area contributed by atoms with Gasteiger partial charge in [0.15, 0.2) is 0 Å². The maximum atomic E-state index is 8.83. The van der Waals surface area contributed by atoms with Crippen LogP contribution in [-0.4, -0.2) is 0 Å². The number of hydrogen-bond donors (Lipinski definition) is 0. The fraction of sp³-hybridized carbons (Fsp3) is 0. The van der Waals surface area contributed by atoms with E-state index in [2.05, 4.69) is 57.3 Å². The van der Waals surface area contributed by atoms with Crippen LogP contribution in [-0.2, 0) is 0 Å². The van der Waals surface area contributed by atoms with Crippen LogP contribution < -0.4 is 0 Å². The van der Waals surface area contributed by atoms with E-state index in [1.807, 2.05) is 12.1 Å². The van der Waals surface area contributed by atoms with Crippen molar-refractivity contribution in [2.45, 2.75) is 0 Å². The molecule has 13 heavy (non-hydrogen) atoms. The van der Waals surface area contributed by atoms with Crippen LogP contribution in [0, 0.1) is 17.8 Å². The van der Waals surface area contributed by atoms with Gasteiger partial charge in [-0.3, -0.25) is 0 Å². The van der Waals surface area contributed by atoms with Gasteiger partial charge < -0.3 is 0 Å². The van der Waals surface area contributed by atoms with Crippen LogP contribution in [0.5, 0.6) is 0 Å². The van der Waals surface area contributed by atoms with Gasteiger partial charge in [-0.2, -0.15) is 5.26 Å². The van der Waals surface area contributed by atoms with E-state index < -0.39 is 0 Å². The molecule has 1 aromatic carbocycles. The van der Waals surface area contributed by atoms with Crippen LogP contribution in [0.4, 0.5) is 0 Å². The number of hydrogen-bond acceptors (Lipinski definition) is 2. The van der Waals surface area contributed by atoms with Crippen molar-refractivity contribution in [2.75, 3.05) is 0 Å². The number of rotatable bonds is 0. The summed E-state index contributed by atoms with van der Waals surface area (Å²) in [6.45, 7) is 0. The van der Waals surface area contributed by atoms with Gasteiger partial charge in [-0.1, -0.05) is 6.07 Å². The lowest BCUT2D eigenvalue weighted by atomic mass is 10.2. The third kappa shape index (κ3) is 1.69. The number of benzene rings is 1. The highest BCUT2D eigenvalue weighted by atomic mass is 127. The summed E-state index contributed by atoms with van der Waals surface area (Å²) in [6.07, 6.45) is 0. The number of nitriles is 1. The summed E-state index contributed by atoms with van der Waals surface area (Å²) < 4.78 is 3.56. The zero-order valence-corrected chi connectivity index (χ0v) is 11.5. The Morgan fingerprint density at radius 1 is 1.31 bits per heavy atom. The Morgan fingerprint density at radius 2 is 2.08 bits per heavy atom. The molecule has 0 radical (unpaired) electrons. The summed E-state index contributed by atoms with van der Waals surface area (Å²) in [5.74, 6) is 0. The lowest BCUT2D eigenvalue weighted by molar-refractivity contribution is 1.49. The summed E-state index contributed by atoms with van der Waals surface area (Å²) in [4.78, 5) is 0.